The van der Waals surface area contributed by atoms with E-state index in [4.69, 9.17) is 4.74 Å². The summed E-state index contributed by atoms with van der Waals surface area (Å²) in [5.41, 5.74) is 1.02. The van der Waals surface area contributed by atoms with Crippen LogP contribution >= 0.6 is 0 Å². The van der Waals surface area contributed by atoms with Gasteiger partial charge in [0, 0.05) is 33.4 Å². The molecule has 2 rings (SSSR count). The fraction of sp³-hybridized carbons (Fsp3) is 0.769. The Labute approximate surface area is 119 Å². The molecule has 1 amide bonds. The zero-order valence-corrected chi connectivity index (χ0v) is 12.2. The van der Waals surface area contributed by atoms with Crippen molar-refractivity contribution in [1.82, 2.24) is 25.6 Å². The fourth-order valence-corrected chi connectivity index (χ4v) is 2.53. The van der Waals surface area contributed by atoms with Gasteiger partial charge in [-0.25, -0.2) is 0 Å². The molecule has 0 aliphatic carbocycles. The lowest BCUT2D eigenvalue weighted by Crippen LogP contribution is -2.32. The summed E-state index contributed by atoms with van der Waals surface area (Å²) in [5.74, 6) is 0.378. The highest BCUT2D eigenvalue weighted by molar-refractivity contribution is 5.93. The average Bonchev–Trinajstić information content (AvgIpc) is 3.05. The number of rotatable bonds is 7. The first kappa shape index (κ1) is 14.9. The van der Waals surface area contributed by atoms with Gasteiger partial charge in [0.25, 0.3) is 5.91 Å². The number of methoxy groups -OCH3 is 1. The smallest absolute Gasteiger partial charge is 0.273 e. The van der Waals surface area contributed by atoms with Crippen molar-refractivity contribution in [3.8, 4) is 0 Å². The molecule has 0 spiro atoms. The van der Waals surface area contributed by atoms with Crippen molar-refractivity contribution in [3.63, 3.8) is 0 Å². The maximum Gasteiger partial charge on any atom is 0.273 e. The van der Waals surface area contributed by atoms with Gasteiger partial charge >= 0.3 is 0 Å². The van der Waals surface area contributed by atoms with Gasteiger partial charge in [0.1, 0.15) is 0 Å². The van der Waals surface area contributed by atoms with E-state index in [1.54, 1.807) is 14.0 Å². The Balaban J connectivity index is 1.68. The topological polar surface area (TPSA) is 83.1 Å². The molecule has 1 aromatic heterocycles. The van der Waals surface area contributed by atoms with Crippen LogP contribution in [0.2, 0.25) is 0 Å². The van der Waals surface area contributed by atoms with Crippen molar-refractivity contribution < 1.29 is 9.53 Å². The van der Waals surface area contributed by atoms with E-state index < -0.39 is 0 Å². The minimum atomic E-state index is -0.144. The van der Waals surface area contributed by atoms with Crippen LogP contribution in [0.5, 0.6) is 0 Å². The summed E-state index contributed by atoms with van der Waals surface area (Å²) in [6, 6.07) is 0. The third-order valence-electron chi connectivity index (χ3n) is 3.68. The highest BCUT2D eigenvalue weighted by Crippen LogP contribution is 2.15. The second-order valence-electron chi connectivity index (χ2n) is 5.27. The second-order valence-corrected chi connectivity index (χ2v) is 5.27. The molecular weight excluding hydrogens is 258 g/mol. The van der Waals surface area contributed by atoms with Gasteiger partial charge in [0.05, 0.1) is 5.69 Å². The molecule has 1 atom stereocenters. The van der Waals surface area contributed by atoms with Crippen molar-refractivity contribution in [3.05, 3.63) is 11.4 Å². The Bertz CT molecular complexity index is 434. The van der Waals surface area contributed by atoms with E-state index in [2.05, 4.69) is 25.6 Å². The van der Waals surface area contributed by atoms with E-state index >= 15 is 0 Å². The molecule has 0 unspecified atom stereocenters. The Kier molecular flexibility index (Phi) is 5.49. The molecule has 0 bridgehead atoms. The standard InChI is InChI=1S/C13H23N5O2/c1-10-12(16-17-15-10)13(19)14-8-11-4-6-18(9-11)5-3-7-20-2/h11H,3-9H2,1-2H3,(H,14,19)(H,15,16,17)/t11-/m0/s1. The van der Waals surface area contributed by atoms with Crippen LogP contribution in [0.25, 0.3) is 0 Å². The van der Waals surface area contributed by atoms with E-state index in [1.165, 1.54) is 0 Å². The van der Waals surface area contributed by atoms with Crippen LogP contribution in [0, 0.1) is 12.8 Å². The first-order chi connectivity index (χ1) is 9.70. The largest absolute Gasteiger partial charge is 0.385 e. The lowest BCUT2D eigenvalue weighted by atomic mass is 10.1. The molecule has 0 radical (unpaired) electrons. The van der Waals surface area contributed by atoms with Crippen LogP contribution in [-0.2, 0) is 4.74 Å². The minimum absolute atomic E-state index is 0.144. The molecule has 2 heterocycles. The Morgan fingerprint density at radius 2 is 2.40 bits per heavy atom. The first-order valence-electron chi connectivity index (χ1n) is 7.07. The van der Waals surface area contributed by atoms with Crippen LogP contribution in [0.15, 0.2) is 0 Å². The fourth-order valence-electron chi connectivity index (χ4n) is 2.53. The minimum Gasteiger partial charge on any atom is -0.385 e. The zero-order chi connectivity index (χ0) is 14.4. The summed E-state index contributed by atoms with van der Waals surface area (Å²) in [7, 11) is 1.73. The zero-order valence-electron chi connectivity index (χ0n) is 12.2. The van der Waals surface area contributed by atoms with Crippen molar-refractivity contribution in [1.29, 1.82) is 0 Å². The van der Waals surface area contributed by atoms with Crippen molar-refractivity contribution >= 4 is 5.91 Å². The predicted octanol–water partition coefficient (Wildman–Crippen LogP) is 0.201. The molecule has 1 aliphatic heterocycles. The number of nitrogens with zero attached hydrogens (tertiary/aromatic N) is 3. The number of H-pyrrole nitrogens is 1. The van der Waals surface area contributed by atoms with Crippen LogP contribution in [0.3, 0.4) is 0 Å². The maximum absolute atomic E-state index is 11.9. The molecule has 112 valence electrons. The highest BCUT2D eigenvalue weighted by atomic mass is 16.5. The number of likely N-dealkylation sites (tertiary alicyclic amines) is 1. The first-order valence-corrected chi connectivity index (χ1v) is 7.07. The van der Waals surface area contributed by atoms with E-state index in [0.29, 0.717) is 23.9 Å². The van der Waals surface area contributed by atoms with E-state index in [-0.39, 0.29) is 5.91 Å². The summed E-state index contributed by atoms with van der Waals surface area (Å²) in [5, 5.41) is 13.1. The number of nitrogens with one attached hydrogen (secondary N) is 2. The van der Waals surface area contributed by atoms with Crippen LogP contribution in [-0.4, -0.2) is 66.1 Å². The number of hydrogen-bond donors (Lipinski definition) is 2. The summed E-state index contributed by atoms with van der Waals surface area (Å²) in [4.78, 5) is 14.3. The molecule has 7 heteroatoms. The van der Waals surface area contributed by atoms with Gasteiger partial charge < -0.3 is 15.0 Å². The van der Waals surface area contributed by atoms with Gasteiger partial charge in [-0.3, -0.25) is 4.79 Å². The second kappa shape index (κ2) is 7.35. The number of hydrogen-bond acceptors (Lipinski definition) is 5. The normalized spacial score (nSPS) is 19.4. The highest BCUT2D eigenvalue weighted by Gasteiger charge is 2.23. The number of ether oxygens (including phenoxy) is 1. The molecule has 1 aromatic rings. The summed E-state index contributed by atoms with van der Waals surface area (Å²) in [6.07, 6.45) is 2.19. The number of aromatic nitrogens is 3. The van der Waals surface area contributed by atoms with Crippen molar-refractivity contribution in [2.45, 2.75) is 19.8 Å². The quantitative estimate of drug-likeness (QED) is 0.698. The Morgan fingerprint density at radius 3 is 3.10 bits per heavy atom. The number of amides is 1. The molecule has 1 saturated heterocycles. The number of aromatic amines is 1. The molecule has 1 fully saturated rings. The third-order valence-corrected chi connectivity index (χ3v) is 3.68. The van der Waals surface area contributed by atoms with Gasteiger partial charge in [-0.05, 0) is 32.2 Å². The Morgan fingerprint density at radius 1 is 1.55 bits per heavy atom. The lowest BCUT2D eigenvalue weighted by molar-refractivity contribution is 0.0941. The van der Waals surface area contributed by atoms with Crippen molar-refractivity contribution in [2.75, 3.05) is 39.9 Å². The molecule has 20 heavy (non-hydrogen) atoms. The number of aryl methyl sites for hydroxylation is 1. The number of carbonyl (C=O) groups is 1. The van der Waals surface area contributed by atoms with E-state index in [1.807, 2.05) is 0 Å². The van der Waals surface area contributed by atoms with Gasteiger partial charge in [0.2, 0.25) is 0 Å². The Hall–Kier alpha value is -1.47. The summed E-state index contributed by atoms with van der Waals surface area (Å²) in [6.45, 7) is 6.50. The summed E-state index contributed by atoms with van der Waals surface area (Å²) >= 11 is 0. The van der Waals surface area contributed by atoms with Gasteiger partial charge in [-0.2, -0.15) is 15.4 Å². The molecular formula is C13H23N5O2. The molecule has 2 N–H and O–H groups in total. The average molecular weight is 281 g/mol. The van der Waals surface area contributed by atoms with E-state index in [0.717, 1.165) is 39.1 Å². The van der Waals surface area contributed by atoms with E-state index in [9.17, 15) is 4.79 Å². The predicted molar refractivity (Wildman–Crippen MR) is 74.5 cm³/mol. The van der Waals surface area contributed by atoms with Crippen LogP contribution in [0.4, 0.5) is 0 Å². The molecule has 1 aliphatic rings. The SMILES string of the molecule is COCCCN1CC[C@@H](CNC(=O)c2n[nH]nc2C)C1. The monoisotopic (exact) mass is 281 g/mol. The summed E-state index contributed by atoms with van der Waals surface area (Å²) < 4.78 is 5.06. The van der Waals surface area contributed by atoms with Gasteiger partial charge in [0.15, 0.2) is 5.69 Å². The molecule has 0 aromatic carbocycles. The van der Waals surface area contributed by atoms with Crippen LogP contribution in [0.1, 0.15) is 29.0 Å². The van der Waals surface area contributed by atoms with Gasteiger partial charge in [-0.15, -0.1) is 0 Å². The number of carbonyl (C=O) groups excluding carboxylic acids is 1. The lowest BCUT2D eigenvalue weighted by Gasteiger charge is -2.15. The van der Waals surface area contributed by atoms with Gasteiger partial charge in [-0.1, -0.05) is 0 Å². The maximum atomic E-state index is 11.9. The molecule has 0 saturated carbocycles. The van der Waals surface area contributed by atoms with Crippen LogP contribution < -0.4 is 5.32 Å². The molecule has 7 nitrogen and oxygen atoms in total. The third kappa shape index (κ3) is 4.01. The van der Waals surface area contributed by atoms with Crippen molar-refractivity contribution in [2.24, 2.45) is 5.92 Å².